The molecule has 0 unspecified atom stereocenters. The first-order chi connectivity index (χ1) is 7.22. The Bertz CT molecular complexity index is 330. The summed E-state index contributed by atoms with van der Waals surface area (Å²) in [7, 11) is 0. The molecule has 0 saturated carbocycles. The number of aliphatic hydroxyl groups is 1. The summed E-state index contributed by atoms with van der Waals surface area (Å²) < 4.78 is 5.18. The molecule has 1 aromatic heterocycles. The molecule has 1 rings (SSSR count). The van der Waals surface area contributed by atoms with Crippen molar-refractivity contribution >= 4 is 11.6 Å². The van der Waals surface area contributed by atoms with Gasteiger partial charge in [-0.3, -0.25) is 4.79 Å². The van der Waals surface area contributed by atoms with Crippen LogP contribution in [0.25, 0.3) is 0 Å². The number of carbonyl (C=O) groups excluding carboxylic acids is 1. The highest BCUT2D eigenvalue weighted by atomic mass is 16.5. The topological polar surface area (TPSA) is 84.3 Å². The van der Waals surface area contributed by atoms with Crippen molar-refractivity contribution in [3.8, 4) is 5.88 Å². The van der Waals surface area contributed by atoms with Gasteiger partial charge in [-0.15, -0.1) is 5.10 Å². The SMILES string of the molecule is CC(=O)Nc1cnnc(OCCCO)c1. The third-order valence-electron chi connectivity index (χ3n) is 1.50. The highest BCUT2D eigenvalue weighted by Crippen LogP contribution is 2.12. The third-order valence-corrected chi connectivity index (χ3v) is 1.50. The molecule has 15 heavy (non-hydrogen) atoms. The minimum atomic E-state index is -0.177. The van der Waals surface area contributed by atoms with E-state index in [1.165, 1.54) is 13.1 Å². The van der Waals surface area contributed by atoms with Crippen LogP contribution in [0.1, 0.15) is 13.3 Å². The number of anilines is 1. The van der Waals surface area contributed by atoms with Crippen LogP contribution >= 0.6 is 0 Å². The Balaban J connectivity index is 2.53. The zero-order valence-corrected chi connectivity index (χ0v) is 8.43. The number of aromatic nitrogens is 2. The lowest BCUT2D eigenvalue weighted by Crippen LogP contribution is -2.07. The van der Waals surface area contributed by atoms with Crippen LogP contribution < -0.4 is 10.1 Å². The van der Waals surface area contributed by atoms with Gasteiger partial charge in [-0.2, -0.15) is 5.10 Å². The van der Waals surface area contributed by atoms with Gasteiger partial charge < -0.3 is 15.2 Å². The number of amides is 1. The Hall–Kier alpha value is -1.69. The van der Waals surface area contributed by atoms with Gasteiger partial charge in [0.15, 0.2) is 0 Å². The molecule has 2 N–H and O–H groups in total. The largest absolute Gasteiger partial charge is 0.476 e. The van der Waals surface area contributed by atoms with Crippen LogP contribution in [0.15, 0.2) is 12.3 Å². The average Bonchev–Trinajstić information content (AvgIpc) is 2.18. The number of hydrogen-bond acceptors (Lipinski definition) is 5. The van der Waals surface area contributed by atoms with Crippen molar-refractivity contribution in [2.24, 2.45) is 0 Å². The molecule has 0 atom stereocenters. The van der Waals surface area contributed by atoms with Crippen LogP contribution in [0.3, 0.4) is 0 Å². The average molecular weight is 211 g/mol. The Morgan fingerprint density at radius 3 is 3.13 bits per heavy atom. The van der Waals surface area contributed by atoms with E-state index in [4.69, 9.17) is 9.84 Å². The first kappa shape index (κ1) is 11.4. The first-order valence-corrected chi connectivity index (χ1v) is 4.56. The predicted molar refractivity (Wildman–Crippen MR) is 53.5 cm³/mol. The molecular formula is C9H13N3O3. The Labute approximate surface area is 87.3 Å². The maximum Gasteiger partial charge on any atom is 0.235 e. The van der Waals surface area contributed by atoms with Crippen LogP contribution in [-0.4, -0.2) is 34.4 Å². The van der Waals surface area contributed by atoms with E-state index in [1.807, 2.05) is 0 Å². The van der Waals surface area contributed by atoms with E-state index in [0.29, 0.717) is 24.6 Å². The van der Waals surface area contributed by atoms with Crippen molar-refractivity contribution in [3.63, 3.8) is 0 Å². The van der Waals surface area contributed by atoms with Crippen molar-refractivity contribution in [1.29, 1.82) is 0 Å². The van der Waals surface area contributed by atoms with E-state index in [1.54, 1.807) is 6.07 Å². The van der Waals surface area contributed by atoms with Crippen molar-refractivity contribution in [2.45, 2.75) is 13.3 Å². The summed E-state index contributed by atoms with van der Waals surface area (Å²) in [5.74, 6) is 0.152. The highest BCUT2D eigenvalue weighted by molar-refractivity contribution is 5.88. The van der Waals surface area contributed by atoms with Gasteiger partial charge >= 0.3 is 0 Å². The molecule has 82 valence electrons. The summed E-state index contributed by atoms with van der Waals surface area (Å²) in [5, 5.41) is 18.5. The van der Waals surface area contributed by atoms with E-state index in [9.17, 15) is 4.79 Å². The smallest absolute Gasteiger partial charge is 0.235 e. The Morgan fingerprint density at radius 1 is 1.67 bits per heavy atom. The van der Waals surface area contributed by atoms with Crippen molar-refractivity contribution in [1.82, 2.24) is 10.2 Å². The van der Waals surface area contributed by atoms with Crippen molar-refractivity contribution in [3.05, 3.63) is 12.3 Å². The molecule has 1 aromatic rings. The summed E-state index contributed by atoms with van der Waals surface area (Å²) >= 11 is 0. The van der Waals surface area contributed by atoms with Crippen molar-refractivity contribution < 1.29 is 14.6 Å². The molecule has 1 amide bonds. The molecule has 0 aliphatic rings. The first-order valence-electron chi connectivity index (χ1n) is 4.56. The van der Waals surface area contributed by atoms with Gasteiger partial charge in [-0.1, -0.05) is 0 Å². The third kappa shape index (κ3) is 4.37. The fourth-order valence-electron chi connectivity index (χ4n) is 0.931. The maximum absolute atomic E-state index is 10.8. The fourth-order valence-corrected chi connectivity index (χ4v) is 0.931. The van der Waals surface area contributed by atoms with E-state index >= 15 is 0 Å². The minimum absolute atomic E-state index is 0.0683. The van der Waals surface area contributed by atoms with Crippen LogP contribution in [0.4, 0.5) is 5.69 Å². The number of hydrogen-bond donors (Lipinski definition) is 2. The number of nitrogens with zero attached hydrogens (tertiary/aromatic N) is 2. The second-order valence-corrected chi connectivity index (χ2v) is 2.89. The zero-order chi connectivity index (χ0) is 11.1. The molecule has 0 aliphatic carbocycles. The van der Waals surface area contributed by atoms with Gasteiger partial charge in [-0.25, -0.2) is 0 Å². The molecule has 0 aromatic carbocycles. The van der Waals surface area contributed by atoms with E-state index < -0.39 is 0 Å². The summed E-state index contributed by atoms with van der Waals surface area (Å²) in [6.45, 7) is 1.85. The lowest BCUT2D eigenvalue weighted by atomic mass is 10.4. The number of ether oxygens (including phenoxy) is 1. The summed E-state index contributed by atoms with van der Waals surface area (Å²) in [4.78, 5) is 10.8. The van der Waals surface area contributed by atoms with E-state index in [-0.39, 0.29) is 12.5 Å². The fraction of sp³-hybridized carbons (Fsp3) is 0.444. The lowest BCUT2D eigenvalue weighted by molar-refractivity contribution is -0.114. The summed E-state index contributed by atoms with van der Waals surface area (Å²) in [6.07, 6.45) is 1.96. The van der Waals surface area contributed by atoms with Gasteiger partial charge in [0, 0.05) is 26.0 Å². The maximum atomic E-state index is 10.8. The number of nitrogens with one attached hydrogen (secondary N) is 1. The highest BCUT2D eigenvalue weighted by Gasteiger charge is 2.00. The van der Waals surface area contributed by atoms with E-state index in [0.717, 1.165) is 0 Å². The van der Waals surface area contributed by atoms with Crippen LogP contribution in [0.5, 0.6) is 5.88 Å². The molecule has 0 saturated heterocycles. The molecule has 0 fully saturated rings. The molecule has 6 nitrogen and oxygen atoms in total. The summed E-state index contributed by atoms with van der Waals surface area (Å²) in [6, 6.07) is 1.58. The predicted octanol–water partition coefficient (Wildman–Crippen LogP) is 0.196. The van der Waals surface area contributed by atoms with Crippen LogP contribution in [0.2, 0.25) is 0 Å². The normalized spacial score (nSPS) is 9.73. The second-order valence-electron chi connectivity index (χ2n) is 2.89. The van der Waals surface area contributed by atoms with Crippen LogP contribution in [0, 0.1) is 0 Å². The molecule has 1 heterocycles. The Morgan fingerprint density at radius 2 is 2.47 bits per heavy atom. The molecule has 0 radical (unpaired) electrons. The number of rotatable bonds is 5. The molecule has 0 aliphatic heterocycles. The monoisotopic (exact) mass is 211 g/mol. The Kier molecular flexibility index (Phi) is 4.49. The van der Waals surface area contributed by atoms with Gasteiger partial charge in [0.2, 0.25) is 11.8 Å². The zero-order valence-electron chi connectivity index (χ0n) is 8.43. The van der Waals surface area contributed by atoms with E-state index in [2.05, 4.69) is 15.5 Å². The van der Waals surface area contributed by atoms with Crippen LogP contribution in [-0.2, 0) is 4.79 Å². The van der Waals surface area contributed by atoms with Gasteiger partial charge in [0.1, 0.15) is 0 Å². The standard InChI is InChI=1S/C9H13N3O3/c1-7(14)11-8-5-9(12-10-6-8)15-4-2-3-13/h5-6,13H,2-4H2,1H3,(H,11,12,14). The van der Waals surface area contributed by atoms with Gasteiger partial charge in [-0.05, 0) is 0 Å². The molecule has 0 spiro atoms. The van der Waals surface area contributed by atoms with Gasteiger partial charge in [0.05, 0.1) is 18.5 Å². The number of carbonyl (C=O) groups is 1. The second kappa shape index (κ2) is 5.92. The quantitative estimate of drug-likeness (QED) is 0.679. The van der Waals surface area contributed by atoms with Gasteiger partial charge in [0.25, 0.3) is 0 Å². The van der Waals surface area contributed by atoms with Crippen molar-refractivity contribution in [2.75, 3.05) is 18.5 Å². The molecular weight excluding hydrogens is 198 g/mol. The molecule has 0 bridgehead atoms. The lowest BCUT2D eigenvalue weighted by Gasteiger charge is -2.05. The minimum Gasteiger partial charge on any atom is -0.476 e. The summed E-state index contributed by atoms with van der Waals surface area (Å²) in [5.41, 5.74) is 0.538. The molecule has 6 heteroatoms. The number of aliphatic hydroxyl groups excluding tert-OH is 1.